The summed E-state index contributed by atoms with van der Waals surface area (Å²) in [5, 5.41) is 9.25. The number of carbonyl (C=O) groups excluding carboxylic acids is 1. The molecule has 1 unspecified atom stereocenters. The molecule has 1 atom stereocenters. The van der Waals surface area contributed by atoms with Gasteiger partial charge in [-0.25, -0.2) is 4.39 Å². The van der Waals surface area contributed by atoms with Gasteiger partial charge < -0.3 is 0 Å². The van der Waals surface area contributed by atoms with Crippen LogP contribution < -0.4 is 0 Å². The lowest BCUT2D eigenvalue weighted by Gasteiger charge is -2.10. The first-order valence-electron chi connectivity index (χ1n) is 5.67. The molecule has 0 aliphatic heterocycles. The predicted molar refractivity (Wildman–Crippen MR) is 80.9 cm³/mol. The third-order valence-corrected chi connectivity index (χ3v) is 4.01. The number of hydrogen-bond donors (Lipinski definition) is 0. The van der Waals surface area contributed by atoms with E-state index in [1.807, 2.05) is 6.07 Å². The maximum Gasteiger partial charge on any atom is 0.185 e. The lowest BCUT2D eigenvalue weighted by atomic mass is 9.92. The van der Waals surface area contributed by atoms with Crippen molar-refractivity contribution in [2.75, 3.05) is 0 Å². The Balaban J connectivity index is 2.42. The fourth-order valence-corrected chi connectivity index (χ4v) is 2.49. The van der Waals surface area contributed by atoms with Crippen LogP contribution in [0.15, 0.2) is 51.4 Å². The number of Topliss-reactive ketones (excluding diaryl/α,β-unsaturated/α-hetero) is 1. The molecule has 0 spiro atoms. The second kappa shape index (κ2) is 6.29. The summed E-state index contributed by atoms with van der Waals surface area (Å²) in [4.78, 5) is 12.4. The van der Waals surface area contributed by atoms with Gasteiger partial charge in [-0.3, -0.25) is 4.79 Å². The van der Waals surface area contributed by atoms with E-state index in [-0.39, 0.29) is 5.56 Å². The highest BCUT2D eigenvalue weighted by molar-refractivity contribution is 9.10. The molecule has 2 aromatic carbocycles. The van der Waals surface area contributed by atoms with Gasteiger partial charge in [-0.1, -0.05) is 44.0 Å². The molecular weight excluding hydrogens is 389 g/mol. The van der Waals surface area contributed by atoms with Gasteiger partial charge in [0.25, 0.3) is 0 Å². The van der Waals surface area contributed by atoms with Crippen molar-refractivity contribution < 1.29 is 9.18 Å². The van der Waals surface area contributed by atoms with Gasteiger partial charge in [0.15, 0.2) is 5.78 Å². The Morgan fingerprint density at radius 3 is 2.40 bits per heavy atom. The van der Waals surface area contributed by atoms with E-state index in [0.29, 0.717) is 10.0 Å². The molecule has 2 aromatic rings. The van der Waals surface area contributed by atoms with E-state index in [2.05, 4.69) is 31.9 Å². The summed E-state index contributed by atoms with van der Waals surface area (Å²) in [6.45, 7) is 0. The van der Waals surface area contributed by atoms with Gasteiger partial charge in [0.1, 0.15) is 11.7 Å². The molecule has 100 valence electrons. The van der Waals surface area contributed by atoms with Crippen LogP contribution in [0.4, 0.5) is 4.39 Å². The second-order valence-corrected chi connectivity index (χ2v) is 5.87. The molecule has 0 N–H and O–H groups in total. The van der Waals surface area contributed by atoms with Crippen molar-refractivity contribution in [2.45, 2.75) is 5.92 Å². The zero-order valence-electron chi connectivity index (χ0n) is 10.1. The van der Waals surface area contributed by atoms with Crippen LogP contribution in [0, 0.1) is 17.1 Å². The maximum atomic E-state index is 13.3. The van der Waals surface area contributed by atoms with E-state index in [9.17, 15) is 14.4 Å². The Morgan fingerprint density at radius 2 is 1.80 bits per heavy atom. The minimum atomic E-state index is -0.957. The Morgan fingerprint density at radius 1 is 1.15 bits per heavy atom. The first kappa shape index (κ1) is 14.9. The van der Waals surface area contributed by atoms with Crippen LogP contribution >= 0.6 is 31.9 Å². The third-order valence-electron chi connectivity index (χ3n) is 2.79. The zero-order valence-corrected chi connectivity index (χ0v) is 13.3. The largest absolute Gasteiger partial charge is 0.292 e. The average molecular weight is 397 g/mol. The molecular formula is C15H8Br2FNO. The maximum absolute atomic E-state index is 13.3. The molecule has 2 nitrogen and oxygen atoms in total. The second-order valence-electron chi connectivity index (χ2n) is 4.10. The minimum absolute atomic E-state index is 0.166. The number of carbonyl (C=O) groups is 1. The van der Waals surface area contributed by atoms with Gasteiger partial charge in [-0.15, -0.1) is 0 Å². The number of benzene rings is 2. The quantitative estimate of drug-likeness (QED) is 0.696. The molecule has 0 aliphatic carbocycles. The van der Waals surface area contributed by atoms with Crippen LogP contribution in [0.1, 0.15) is 21.8 Å². The summed E-state index contributed by atoms with van der Waals surface area (Å²) in [6, 6.07) is 12.7. The van der Waals surface area contributed by atoms with E-state index < -0.39 is 17.5 Å². The summed E-state index contributed by atoms with van der Waals surface area (Å²) in [6.07, 6.45) is 0. The van der Waals surface area contributed by atoms with Gasteiger partial charge in [-0.2, -0.15) is 5.26 Å². The molecule has 0 radical (unpaired) electrons. The van der Waals surface area contributed by atoms with Crippen molar-refractivity contribution in [3.63, 3.8) is 0 Å². The van der Waals surface area contributed by atoms with Gasteiger partial charge >= 0.3 is 0 Å². The van der Waals surface area contributed by atoms with Crippen LogP contribution in [0.25, 0.3) is 0 Å². The normalized spacial score (nSPS) is 11.7. The van der Waals surface area contributed by atoms with Crippen molar-refractivity contribution in [3.05, 3.63) is 68.4 Å². The average Bonchev–Trinajstić information content (AvgIpc) is 2.44. The Labute approximate surface area is 132 Å². The van der Waals surface area contributed by atoms with Crippen molar-refractivity contribution in [2.24, 2.45) is 0 Å². The molecule has 2 rings (SSSR count). The van der Waals surface area contributed by atoms with E-state index in [0.717, 1.165) is 10.5 Å². The van der Waals surface area contributed by atoms with Crippen LogP contribution in [-0.4, -0.2) is 5.78 Å². The Hall–Kier alpha value is -1.51. The van der Waals surface area contributed by atoms with Crippen LogP contribution in [0.3, 0.4) is 0 Å². The molecule has 0 aliphatic rings. The summed E-state index contributed by atoms with van der Waals surface area (Å²) in [5.74, 6) is -1.90. The van der Waals surface area contributed by atoms with Crippen LogP contribution in [0.5, 0.6) is 0 Å². The summed E-state index contributed by atoms with van der Waals surface area (Å²) < 4.78 is 14.6. The molecule has 20 heavy (non-hydrogen) atoms. The van der Waals surface area contributed by atoms with Crippen LogP contribution in [0.2, 0.25) is 0 Å². The first-order valence-corrected chi connectivity index (χ1v) is 7.26. The number of hydrogen-bond acceptors (Lipinski definition) is 2. The zero-order chi connectivity index (χ0) is 14.7. The SMILES string of the molecule is N#CC(C(=O)c1cc(F)ccc1Br)c1ccc(Br)cc1. The minimum Gasteiger partial charge on any atom is -0.292 e. The monoisotopic (exact) mass is 395 g/mol. The van der Waals surface area contributed by atoms with E-state index in [4.69, 9.17) is 0 Å². The van der Waals surface area contributed by atoms with Gasteiger partial charge in [0.05, 0.1) is 6.07 Å². The number of rotatable bonds is 3. The van der Waals surface area contributed by atoms with E-state index in [1.165, 1.54) is 12.1 Å². The van der Waals surface area contributed by atoms with E-state index >= 15 is 0 Å². The number of nitrogens with zero attached hydrogens (tertiary/aromatic N) is 1. The molecule has 0 bridgehead atoms. The lowest BCUT2D eigenvalue weighted by molar-refractivity contribution is 0.0977. The fourth-order valence-electron chi connectivity index (χ4n) is 1.78. The first-order chi connectivity index (χ1) is 9.52. The molecule has 0 amide bonds. The smallest absolute Gasteiger partial charge is 0.185 e. The number of ketones is 1. The Kier molecular flexibility index (Phi) is 4.69. The fraction of sp³-hybridized carbons (Fsp3) is 0.0667. The highest BCUT2D eigenvalue weighted by atomic mass is 79.9. The van der Waals surface area contributed by atoms with Crippen molar-refractivity contribution in [1.29, 1.82) is 5.26 Å². The van der Waals surface area contributed by atoms with Crippen molar-refractivity contribution in [1.82, 2.24) is 0 Å². The molecule has 0 heterocycles. The Bertz CT molecular complexity index is 692. The summed E-state index contributed by atoms with van der Waals surface area (Å²) in [5.41, 5.74) is 0.747. The predicted octanol–water partition coefficient (Wildman–Crippen LogP) is 4.84. The molecule has 0 saturated carbocycles. The number of nitriles is 1. The lowest BCUT2D eigenvalue weighted by Crippen LogP contribution is -2.12. The van der Waals surface area contributed by atoms with Gasteiger partial charge in [0.2, 0.25) is 0 Å². The highest BCUT2D eigenvalue weighted by Crippen LogP contribution is 2.26. The van der Waals surface area contributed by atoms with Gasteiger partial charge in [0, 0.05) is 14.5 Å². The molecule has 5 heteroatoms. The van der Waals surface area contributed by atoms with Crippen molar-refractivity contribution >= 4 is 37.6 Å². The standard InChI is InChI=1S/C15H8Br2FNO/c16-10-3-1-9(2-4-10)13(8-19)15(20)12-7-11(18)5-6-14(12)17/h1-7,13H. The summed E-state index contributed by atoms with van der Waals surface area (Å²) >= 11 is 6.50. The molecule has 0 saturated heterocycles. The molecule has 0 fully saturated rings. The number of halogens is 3. The molecule has 0 aromatic heterocycles. The van der Waals surface area contributed by atoms with Gasteiger partial charge in [-0.05, 0) is 35.9 Å². The van der Waals surface area contributed by atoms with E-state index in [1.54, 1.807) is 24.3 Å². The topological polar surface area (TPSA) is 40.9 Å². The van der Waals surface area contributed by atoms with Crippen molar-refractivity contribution in [3.8, 4) is 6.07 Å². The third kappa shape index (κ3) is 3.14. The summed E-state index contributed by atoms with van der Waals surface area (Å²) in [7, 11) is 0. The van der Waals surface area contributed by atoms with Crippen LogP contribution in [-0.2, 0) is 0 Å². The highest BCUT2D eigenvalue weighted by Gasteiger charge is 2.23.